The van der Waals surface area contributed by atoms with E-state index in [2.05, 4.69) is 28.6 Å². The van der Waals surface area contributed by atoms with Crippen LogP contribution < -0.4 is 10.6 Å². The van der Waals surface area contributed by atoms with E-state index in [4.69, 9.17) is 0 Å². The van der Waals surface area contributed by atoms with Crippen LogP contribution in [-0.2, 0) is 11.2 Å². The number of nitrogens with one attached hydrogen (secondary N) is 2. The van der Waals surface area contributed by atoms with Gasteiger partial charge in [0.25, 0.3) is 0 Å². The number of carbonyl (C=O) groups is 2. The fraction of sp³-hybridized carbons (Fsp3) is 0.476. The Morgan fingerprint density at radius 1 is 1.28 bits per heavy atom. The molecule has 1 aliphatic rings. The van der Waals surface area contributed by atoms with Gasteiger partial charge in [0, 0.05) is 5.69 Å². The van der Waals surface area contributed by atoms with Crippen molar-refractivity contribution in [1.29, 1.82) is 0 Å². The first-order valence-corrected chi connectivity index (χ1v) is 11.4. The Morgan fingerprint density at radius 2 is 2.00 bits per heavy atom. The molecular formula is C21H27N3O3S2. The molecular weight excluding hydrogens is 406 g/mol. The zero-order chi connectivity index (χ0) is 21.0. The summed E-state index contributed by atoms with van der Waals surface area (Å²) in [4.78, 5) is 28.0. The standard InChI is InChI=1S/C21H27N3O3S2/c1-13-7-6-10-16(15(13)11-14-8-4-5-9-14)23-19(27)24-20-22-12-17(28-20)29-21(2,3)18(25)26/h6-7,10,12,14H,4-5,8-9,11H2,1-3H3,(H,25,26)(H2,22,23,24,27). The second-order valence-corrected chi connectivity index (χ2v) is 10.9. The van der Waals surface area contributed by atoms with Crippen molar-refractivity contribution in [1.82, 2.24) is 4.98 Å². The van der Waals surface area contributed by atoms with E-state index in [1.54, 1.807) is 20.0 Å². The number of hydrogen-bond acceptors (Lipinski definition) is 5. The minimum atomic E-state index is -0.956. The summed E-state index contributed by atoms with van der Waals surface area (Å²) in [6, 6.07) is 5.64. The summed E-state index contributed by atoms with van der Waals surface area (Å²) in [7, 11) is 0. The van der Waals surface area contributed by atoms with E-state index >= 15 is 0 Å². The Morgan fingerprint density at radius 3 is 2.69 bits per heavy atom. The van der Waals surface area contributed by atoms with Crippen molar-refractivity contribution in [2.75, 3.05) is 10.6 Å². The van der Waals surface area contributed by atoms with Crippen LogP contribution in [0.25, 0.3) is 0 Å². The monoisotopic (exact) mass is 433 g/mol. The van der Waals surface area contributed by atoms with Crippen molar-refractivity contribution < 1.29 is 14.7 Å². The van der Waals surface area contributed by atoms with Crippen LogP contribution in [0, 0.1) is 12.8 Å². The van der Waals surface area contributed by atoms with Crippen LogP contribution >= 0.6 is 23.1 Å². The highest BCUT2D eigenvalue weighted by Crippen LogP contribution is 2.37. The predicted molar refractivity (Wildman–Crippen MR) is 119 cm³/mol. The number of carboxylic acids is 1. The number of thioether (sulfide) groups is 1. The molecule has 2 aromatic rings. The molecule has 0 unspecified atom stereocenters. The number of amides is 2. The van der Waals surface area contributed by atoms with E-state index in [1.165, 1.54) is 59.9 Å². The van der Waals surface area contributed by atoms with Crippen molar-refractivity contribution in [3.8, 4) is 0 Å². The number of rotatable bonds is 7. The second kappa shape index (κ2) is 9.17. The van der Waals surface area contributed by atoms with E-state index < -0.39 is 10.7 Å². The molecule has 0 saturated heterocycles. The molecule has 3 rings (SSSR count). The maximum atomic E-state index is 12.5. The van der Waals surface area contributed by atoms with Gasteiger partial charge in [-0.3, -0.25) is 10.1 Å². The largest absolute Gasteiger partial charge is 0.480 e. The third-order valence-corrected chi connectivity index (χ3v) is 7.40. The SMILES string of the molecule is Cc1cccc(NC(=O)Nc2ncc(SC(C)(C)C(=O)O)s2)c1CC1CCCC1. The first kappa shape index (κ1) is 21.6. The number of aromatic nitrogens is 1. The lowest BCUT2D eigenvalue weighted by atomic mass is 9.93. The smallest absolute Gasteiger partial charge is 0.325 e. The minimum Gasteiger partial charge on any atom is -0.480 e. The van der Waals surface area contributed by atoms with Gasteiger partial charge < -0.3 is 10.4 Å². The lowest BCUT2D eigenvalue weighted by Crippen LogP contribution is -2.26. The summed E-state index contributed by atoms with van der Waals surface area (Å²) in [6.07, 6.45) is 7.68. The van der Waals surface area contributed by atoms with Gasteiger partial charge in [0.05, 0.1) is 10.4 Å². The van der Waals surface area contributed by atoms with Crippen molar-refractivity contribution in [2.45, 2.75) is 61.8 Å². The Hall–Kier alpha value is -2.06. The van der Waals surface area contributed by atoms with E-state index in [1.807, 2.05) is 12.1 Å². The molecule has 3 N–H and O–H groups in total. The van der Waals surface area contributed by atoms with Crippen molar-refractivity contribution in [3.63, 3.8) is 0 Å². The number of anilines is 2. The summed E-state index contributed by atoms with van der Waals surface area (Å²) in [5.41, 5.74) is 3.24. The number of carboxylic acid groups (broad SMARTS) is 1. The number of urea groups is 1. The maximum absolute atomic E-state index is 12.5. The van der Waals surface area contributed by atoms with Crippen LogP contribution in [0.1, 0.15) is 50.7 Å². The van der Waals surface area contributed by atoms with Crippen LogP contribution in [0.5, 0.6) is 0 Å². The topological polar surface area (TPSA) is 91.3 Å². The maximum Gasteiger partial charge on any atom is 0.325 e. The van der Waals surface area contributed by atoms with Gasteiger partial charge in [-0.25, -0.2) is 9.78 Å². The molecule has 8 heteroatoms. The Labute approximate surface area is 179 Å². The lowest BCUT2D eigenvalue weighted by molar-refractivity contribution is -0.138. The Balaban J connectivity index is 1.64. The molecule has 0 atom stereocenters. The van der Waals surface area contributed by atoms with Gasteiger partial charge in [0.15, 0.2) is 5.13 Å². The molecule has 2 amide bonds. The summed E-state index contributed by atoms with van der Waals surface area (Å²) in [6.45, 7) is 5.37. The quantitative estimate of drug-likeness (QED) is 0.481. The third-order valence-electron chi connectivity index (χ3n) is 5.20. The van der Waals surface area contributed by atoms with Crippen LogP contribution in [0.3, 0.4) is 0 Å². The number of benzene rings is 1. The van der Waals surface area contributed by atoms with E-state index in [9.17, 15) is 14.7 Å². The van der Waals surface area contributed by atoms with Gasteiger partial charge in [-0.1, -0.05) is 60.9 Å². The summed E-state index contributed by atoms with van der Waals surface area (Å²) in [5.74, 6) is -0.201. The number of hydrogen-bond donors (Lipinski definition) is 3. The minimum absolute atomic E-state index is 0.341. The molecule has 6 nitrogen and oxygen atoms in total. The average molecular weight is 434 g/mol. The van der Waals surface area contributed by atoms with Gasteiger partial charge in [0.2, 0.25) is 0 Å². The fourth-order valence-corrected chi connectivity index (χ4v) is 5.77. The van der Waals surface area contributed by atoms with E-state index in [-0.39, 0.29) is 6.03 Å². The molecule has 1 saturated carbocycles. The summed E-state index contributed by atoms with van der Waals surface area (Å²) < 4.78 is -0.215. The van der Waals surface area contributed by atoms with Crippen LogP contribution in [0.4, 0.5) is 15.6 Å². The van der Waals surface area contributed by atoms with Crippen molar-refractivity contribution in [2.24, 2.45) is 5.92 Å². The van der Waals surface area contributed by atoms with Crippen molar-refractivity contribution >= 4 is 45.9 Å². The number of nitrogens with zero attached hydrogens (tertiary/aromatic N) is 1. The molecule has 1 aliphatic carbocycles. The molecule has 0 bridgehead atoms. The average Bonchev–Trinajstić information content (AvgIpc) is 3.29. The number of aryl methyl sites for hydroxylation is 1. The molecule has 156 valence electrons. The molecule has 0 spiro atoms. The highest BCUT2D eigenvalue weighted by molar-refractivity contribution is 8.03. The first-order valence-electron chi connectivity index (χ1n) is 9.79. The van der Waals surface area contributed by atoms with Crippen LogP contribution in [0.2, 0.25) is 0 Å². The zero-order valence-corrected chi connectivity index (χ0v) is 18.6. The van der Waals surface area contributed by atoms with Gasteiger partial charge in [-0.05, 0) is 50.3 Å². The second-order valence-electron chi connectivity index (χ2n) is 7.94. The van der Waals surface area contributed by atoms with Crippen LogP contribution in [0.15, 0.2) is 28.6 Å². The fourth-order valence-electron chi connectivity index (χ4n) is 3.50. The summed E-state index contributed by atoms with van der Waals surface area (Å²) >= 11 is 2.48. The van der Waals surface area contributed by atoms with Gasteiger partial charge in [-0.2, -0.15) is 0 Å². The molecule has 1 aromatic heterocycles. The zero-order valence-electron chi connectivity index (χ0n) is 16.9. The van der Waals surface area contributed by atoms with Crippen molar-refractivity contribution in [3.05, 3.63) is 35.5 Å². The van der Waals surface area contributed by atoms with E-state index in [0.29, 0.717) is 11.0 Å². The molecule has 29 heavy (non-hydrogen) atoms. The predicted octanol–water partition coefficient (Wildman–Crippen LogP) is 5.78. The Bertz CT molecular complexity index is 889. The molecule has 1 heterocycles. The number of carbonyl (C=O) groups excluding carboxylic acids is 1. The highest BCUT2D eigenvalue weighted by atomic mass is 32.2. The molecule has 1 fully saturated rings. The Kier molecular flexibility index (Phi) is 6.85. The molecule has 0 radical (unpaired) electrons. The van der Waals surface area contributed by atoms with E-state index in [0.717, 1.165) is 16.3 Å². The normalized spacial score (nSPS) is 14.7. The molecule has 1 aromatic carbocycles. The van der Waals surface area contributed by atoms with Gasteiger partial charge in [0.1, 0.15) is 4.75 Å². The summed E-state index contributed by atoms with van der Waals surface area (Å²) in [5, 5.41) is 15.4. The van der Waals surface area contributed by atoms with Crippen LogP contribution in [-0.4, -0.2) is 26.8 Å². The number of thiazole rings is 1. The molecule has 0 aliphatic heterocycles. The number of aliphatic carboxylic acids is 1. The van der Waals surface area contributed by atoms with Gasteiger partial charge in [-0.15, -0.1) is 0 Å². The van der Waals surface area contributed by atoms with Gasteiger partial charge >= 0.3 is 12.0 Å². The third kappa shape index (κ3) is 5.73. The highest BCUT2D eigenvalue weighted by Gasteiger charge is 2.29. The lowest BCUT2D eigenvalue weighted by Gasteiger charge is -2.17. The first-order chi connectivity index (χ1) is 13.7.